The van der Waals surface area contributed by atoms with Gasteiger partial charge in [-0.1, -0.05) is 0 Å². The Kier molecular flexibility index (Phi) is 7.35. The molecule has 0 unspecified atom stereocenters. The van der Waals surface area contributed by atoms with Gasteiger partial charge in [-0.15, -0.1) is 0 Å². The molecular formula is C5H13N2NaO3S. The first-order valence-electron chi connectivity index (χ1n) is 3.25. The van der Waals surface area contributed by atoms with Crippen molar-refractivity contribution in [2.24, 2.45) is 5.14 Å². The van der Waals surface area contributed by atoms with Gasteiger partial charge in [-0.3, -0.25) is 4.79 Å². The molecule has 0 fully saturated rings. The van der Waals surface area contributed by atoms with Crippen LogP contribution >= 0.6 is 0 Å². The fourth-order valence-corrected chi connectivity index (χ4v) is 1.28. The van der Waals surface area contributed by atoms with E-state index in [-0.39, 0.29) is 29.6 Å². The van der Waals surface area contributed by atoms with Gasteiger partial charge in [-0.2, -0.15) is 0 Å². The second kappa shape index (κ2) is 5.93. The minimum absolute atomic E-state index is 0. The Morgan fingerprint density at radius 3 is 1.75 bits per heavy atom. The van der Waals surface area contributed by atoms with Crippen LogP contribution in [0.15, 0.2) is 0 Å². The summed E-state index contributed by atoms with van der Waals surface area (Å²) in [5.41, 5.74) is 0. The number of nitrogens with two attached hydrogens (primary N) is 1. The minimum atomic E-state index is -4.04. The first kappa shape index (κ1) is 14.9. The first-order valence-corrected chi connectivity index (χ1v) is 4.79. The van der Waals surface area contributed by atoms with Gasteiger partial charge in [0.05, 0.1) is 0 Å². The number of rotatable bonds is 2. The number of hydrogen-bond donors (Lipinski definition) is 1. The predicted molar refractivity (Wildman–Crippen MR) is 48.6 cm³/mol. The summed E-state index contributed by atoms with van der Waals surface area (Å²) in [5, 5.41) is 3.60. The fraction of sp³-hybridized carbons (Fsp3) is 0.800. The van der Waals surface area contributed by atoms with Crippen LogP contribution in [-0.2, 0) is 10.0 Å². The molecule has 0 heterocycles. The number of sulfonamides is 1. The molecule has 0 atom stereocenters. The van der Waals surface area contributed by atoms with Crippen LogP contribution in [0.4, 0.5) is 4.79 Å². The van der Waals surface area contributed by atoms with E-state index < -0.39 is 15.3 Å². The predicted octanol–water partition coefficient (Wildman–Crippen LogP) is -0.912. The van der Waals surface area contributed by atoms with E-state index in [4.69, 9.17) is 0 Å². The molecule has 1 amide bonds. The van der Waals surface area contributed by atoms with Crippen LogP contribution in [0.25, 0.3) is 0 Å². The van der Waals surface area contributed by atoms with Crippen molar-refractivity contribution < 1.29 is 13.2 Å². The van der Waals surface area contributed by atoms with Gasteiger partial charge in [0.1, 0.15) is 0 Å². The van der Waals surface area contributed by atoms with Crippen molar-refractivity contribution in [3.8, 4) is 0 Å². The molecule has 0 aromatic heterocycles. The van der Waals surface area contributed by atoms with Gasteiger partial charge in [0.2, 0.25) is 0 Å². The molecule has 0 aliphatic rings. The van der Waals surface area contributed by atoms with Crippen LogP contribution in [0.5, 0.6) is 0 Å². The van der Waals surface area contributed by atoms with E-state index in [0.717, 1.165) is 4.90 Å². The van der Waals surface area contributed by atoms with E-state index >= 15 is 0 Å². The molecule has 0 rings (SSSR count). The first-order chi connectivity index (χ1) is 4.93. The molecule has 0 aromatic rings. The Bertz CT molecular complexity index is 235. The summed E-state index contributed by atoms with van der Waals surface area (Å²) in [5.74, 6) is 0. The van der Waals surface area contributed by atoms with E-state index in [1.165, 1.54) is 0 Å². The summed E-state index contributed by atoms with van der Waals surface area (Å²) in [6, 6.07) is 0. The van der Waals surface area contributed by atoms with Crippen LogP contribution in [0.2, 0.25) is 0 Å². The van der Waals surface area contributed by atoms with E-state index in [2.05, 4.69) is 5.14 Å². The molecule has 0 radical (unpaired) electrons. The van der Waals surface area contributed by atoms with Crippen molar-refractivity contribution in [3.05, 3.63) is 0 Å². The molecular weight excluding hydrogens is 191 g/mol. The molecule has 0 aromatic carbocycles. The Hall–Kier alpha value is 0.380. The van der Waals surface area contributed by atoms with E-state index in [1.54, 1.807) is 13.8 Å². The van der Waals surface area contributed by atoms with E-state index in [0.29, 0.717) is 13.1 Å². The SMILES string of the molecule is CCN(CC)C(=O)S(N)(=O)=O.[NaH]. The molecule has 0 aliphatic carbocycles. The quantitative estimate of drug-likeness (QED) is 0.591. The van der Waals surface area contributed by atoms with Crippen molar-refractivity contribution in [3.63, 3.8) is 0 Å². The van der Waals surface area contributed by atoms with Gasteiger partial charge in [0.15, 0.2) is 0 Å². The molecule has 2 N–H and O–H groups in total. The summed E-state index contributed by atoms with van der Waals surface area (Å²) in [4.78, 5) is 12.0. The molecule has 0 spiro atoms. The Labute approximate surface area is 94.6 Å². The maximum atomic E-state index is 10.8. The van der Waals surface area contributed by atoms with E-state index in [1.807, 2.05) is 0 Å². The molecule has 5 nitrogen and oxygen atoms in total. The molecule has 7 heteroatoms. The zero-order chi connectivity index (χ0) is 9.07. The average Bonchev–Trinajstić information content (AvgIpc) is 1.88. The Morgan fingerprint density at radius 1 is 1.33 bits per heavy atom. The van der Waals surface area contributed by atoms with Crippen LogP contribution in [0, 0.1) is 0 Å². The van der Waals surface area contributed by atoms with Crippen molar-refractivity contribution in [2.45, 2.75) is 13.8 Å². The van der Waals surface area contributed by atoms with Crippen LogP contribution in [0.3, 0.4) is 0 Å². The second-order valence-corrected chi connectivity index (χ2v) is 3.42. The Morgan fingerprint density at radius 2 is 1.67 bits per heavy atom. The number of amides is 1. The van der Waals surface area contributed by atoms with Gasteiger partial charge in [0, 0.05) is 13.1 Å². The second-order valence-electron chi connectivity index (χ2n) is 1.98. The summed E-state index contributed by atoms with van der Waals surface area (Å²) in [7, 11) is -4.04. The fourth-order valence-electron chi connectivity index (χ4n) is 0.662. The third-order valence-corrected chi connectivity index (χ3v) is 2.01. The van der Waals surface area contributed by atoms with Crippen molar-refractivity contribution in [1.29, 1.82) is 0 Å². The monoisotopic (exact) mass is 204 g/mol. The summed E-state index contributed by atoms with van der Waals surface area (Å²) in [6.45, 7) is 4.08. The number of carbonyl (C=O) groups excluding carboxylic acids is 1. The van der Waals surface area contributed by atoms with Crippen LogP contribution < -0.4 is 5.14 Å². The van der Waals surface area contributed by atoms with Crippen LogP contribution in [0.1, 0.15) is 13.8 Å². The van der Waals surface area contributed by atoms with Gasteiger partial charge < -0.3 is 4.90 Å². The van der Waals surface area contributed by atoms with Gasteiger partial charge >= 0.3 is 34.8 Å². The third kappa shape index (κ3) is 4.42. The zero-order valence-electron chi connectivity index (χ0n) is 6.57. The summed E-state index contributed by atoms with van der Waals surface area (Å²) >= 11 is 0. The zero-order valence-corrected chi connectivity index (χ0v) is 7.39. The van der Waals surface area contributed by atoms with Crippen molar-refractivity contribution >= 4 is 44.8 Å². The number of nitrogens with zero attached hydrogens (tertiary/aromatic N) is 1. The number of primary sulfonamides is 1. The topological polar surface area (TPSA) is 80.5 Å². The molecule has 68 valence electrons. The van der Waals surface area contributed by atoms with Crippen LogP contribution in [-0.4, -0.2) is 61.2 Å². The third-order valence-electron chi connectivity index (χ3n) is 1.27. The summed E-state index contributed by atoms with van der Waals surface area (Å²) < 4.78 is 21.0. The molecule has 0 saturated heterocycles. The average molecular weight is 204 g/mol. The Balaban J connectivity index is 0. The molecule has 0 aliphatic heterocycles. The standard InChI is InChI=1S/C5H12N2O3S.Na.H/c1-3-7(4-2)5(8)11(6,9)10;;/h3-4H2,1-2H3,(H2,6,9,10);;. The van der Waals surface area contributed by atoms with Crippen molar-refractivity contribution in [2.75, 3.05) is 13.1 Å². The van der Waals surface area contributed by atoms with Gasteiger partial charge in [-0.25, -0.2) is 13.6 Å². The maximum absolute atomic E-state index is 10.8. The number of hydrogen-bond acceptors (Lipinski definition) is 3. The molecule has 0 saturated carbocycles. The van der Waals surface area contributed by atoms with E-state index in [9.17, 15) is 13.2 Å². The van der Waals surface area contributed by atoms with Gasteiger partial charge in [-0.05, 0) is 13.8 Å². The van der Waals surface area contributed by atoms with Gasteiger partial charge in [0.25, 0.3) is 10.0 Å². The normalized spacial score (nSPS) is 10.2. The van der Waals surface area contributed by atoms with Crippen molar-refractivity contribution in [1.82, 2.24) is 4.90 Å². The number of carbonyl (C=O) groups is 1. The molecule has 12 heavy (non-hydrogen) atoms. The summed E-state index contributed by atoms with van der Waals surface area (Å²) in [6.07, 6.45) is 0. The molecule has 0 bridgehead atoms.